The van der Waals surface area contributed by atoms with Crippen LogP contribution in [-0.4, -0.2) is 41.5 Å². The van der Waals surface area contributed by atoms with Crippen molar-refractivity contribution >= 4 is 21.4 Å². The minimum atomic E-state index is -3.40. The van der Waals surface area contributed by atoms with Crippen molar-refractivity contribution in [2.45, 2.75) is 60.8 Å². The van der Waals surface area contributed by atoms with Crippen molar-refractivity contribution < 1.29 is 18.1 Å². The van der Waals surface area contributed by atoms with Gasteiger partial charge in [-0.25, -0.2) is 8.42 Å². The molecule has 30 heavy (non-hydrogen) atoms. The zero-order chi connectivity index (χ0) is 21.3. The molecule has 0 N–H and O–H groups in total. The molecule has 2 unspecified atom stereocenters. The number of amides is 1. The van der Waals surface area contributed by atoms with Crippen LogP contribution in [0.3, 0.4) is 0 Å². The summed E-state index contributed by atoms with van der Waals surface area (Å²) in [5.41, 5.74) is 0.910. The van der Waals surface area contributed by atoms with Crippen LogP contribution in [0, 0.1) is 10.1 Å². The van der Waals surface area contributed by atoms with Crippen molar-refractivity contribution in [2.24, 2.45) is 0 Å². The maximum atomic E-state index is 13.0. The quantitative estimate of drug-likeness (QED) is 0.518. The van der Waals surface area contributed by atoms with Gasteiger partial charge in [-0.3, -0.25) is 14.9 Å². The molecule has 2 aliphatic rings. The number of fused-ring (bicyclic) bond motifs is 2. The summed E-state index contributed by atoms with van der Waals surface area (Å²) in [6.45, 7) is 0. The molecule has 8 heteroatoms. The molecule has 7 nitrogen and oxygen atoms in total. The Kier molecular flexibility index (Phi) is 5.60. The Morgan fingerprint density at radius 3 is 2.17 bits per heavy atom. The first-order valence-corrected chi connectivity index (χ1v) is 11.7. The largest absolute Gasteiger partial charge is 0.337 e. The van der Waals surface area contributed by atoms with Crippen molar-refractivity contribution in [3.8, 4) is 0 Å². The second-order valence-electron chi connectivity index (χ2n) is 8.06. The number of sulfone groups is 1. The van der Waals surface area contributed by atoms with Crippen LogP contribution >= 0.6 is 0 Å². The summed E-state index contributed by atoms with van der Waals surface area (Å²) in [7, 11) is -3.40. The van der Waals surface area contributed by atoms with Crippen LogP contribution in [0.1, 0.15) is 37.7 Å². The molecule has 0 aromatic heterocycles. The van der Waals surface area contributed by atoms with Gasteiger partial charge >= 0.3 is 0 Å². The molecular weight excluding hydrogens is 404 g/mol. The number of nitro groups is 1. The molecule has 2 bridgehead atoms. The number of hydrogen-bond donors (Lipinski definition) is 0. The van der Waals surface area contributed by atoms with Gasteiger partial charge in [0.1, 0.15) is 0 Å². The number of non-ortho nitro benzene ring substituents is 1. The highest BCUT2D eigenvalue weighted by Gasteiger charge is 2.46. The summed E-state index contributed by atoms with van der Waals surface area (Å²) in [6.07, 6.45) is 3.48. The number of aryl methyl sites for hydroxylation is 1. The van der Waals surface area contributed by atoms with Gasteiger partial charge in [-0.05, 0) is 49.8 Å². The first-order chi connectivity index (χ1) is 14.4. The number of rotatable bonds is 6. The zero-order valence-electron chi connectivity index (χ0n) is 16.5. The number of carbonyl (C=O) groups excluding carboxylic acids is 1. The molecule has 1 amide bonds. The standard InChI is InChI=1S/C22H24N2O5S/c25-22(13-8-16-6-9-17(10-7-16)24(26)27)23-18-11-12-19(23)15-21(14-18)30(28,29)20-4-2-1-3-5-20/h1-7,9-10,18-19,21H,8,11-15H2. The van der Waals surface area contributed by atoms with E-state index >= 15 is 0 Å². The van der Waals surface area contributed by atoms with Crippen LogP contribution in [0.25, 0.3) is 0 Å². The van der Waals surface area contributed by atoms with E-state index in [1.807, 2.05) is 4.90 Å². The van der Waals surface area contributed by atoms with Crippen molar-refractivity contribution in [1.82, 2.24) is 4.90 Å². The van der Waals surface area contributed by atoms with Crippen molar-refractivity contribution in [2.75, 3.05) is 0 Å². The number of piperidine rings is 1. The highest BCUT2D eigenvalue weighted by atomic mass is 32.2. The third-order valence-electron chi connectivity index (χ3n) is 6.26. The number of nitrogens with zero attached hydrogens (tertiary/aromatic N) is 2. The normalized spacial score (nSPS) is 23.3. The van der Waals surface area contributed by atoms with Crippen LogP contribution in [0.2, 0.25) is 0 Å². The van der Waals surface area contributed by atoms with E-state index in [0.717, 1.165) is 18.4 Å². The Balaban J connectivity index is 1.40. The Hall–Kier alpha value is -2.74. The minimum Gasteiger partial charge on any atom is -0.337 e. The number of hydrogen-bond acceptors (Lipinski definition) is 5. The lowest BCUT2D eigenvalue weighted by Crippen LogP contribution is -2.49. The second kappa shape index (κ2) is 8.18. The highest BCUT2D eigenvalue weighted by Crippen LogP contribution is 2.40. The van der Waals surface area contributed by atoms with E-state index in [-0.39, 0.29) is 23.7 Å². The monoisotopic (exact) mass is 428 g/mol. The van der Waals surface area contributed by atoms with E-state index < -0.39 is 20.0 Å². The molecular formula is C22H24N2O5S. The molecule has 4 rings (SSSR count). The summed E-state index contributed by atoms with van der Waals surface area (Å²) in [5.74, 6) is 0.0383. The molecule has 2 fully saturated rings. The van der Waals surface area contributed by atoms with Gasteiger partial charge < -0.3 is 4.90 Å². The Labute approximate surface area is 175 Å². The first kappa shape index (κ1) is 20.5. The van der Waals surface area contributed by atoms with Gasteiger partial charge in [0, 0.05) is 30.6 Å². The lowest BCUT2D eigenvalue weighted by Gasteiger charge is -2.38. The highest BCUT2D eigenvalue weighted by molar-refractivity contribution is 7.92. The smallest absolute Gasteiger partial charge is 0.269 e. The summed E-state index contributed by atoms with van der Waals surface area (Å²) in [6, 6.07) is 14.7. The van der Waals surface area contributed by atoms with Crippen molar-refractivity contribution in [3.63, 3.8) is 0 Å². The predicted octanol–water partition coefficient (Wildman–Crippen LogP) is 3.52. The third kappa shape index (κ3) is 3.96. The van der Waals surface area contributed by atoms with Gasteiger partial charge in [0.05, 0.1) is 15.1 Å². The summed E-state index contributed by atoms with van der Waals surface area (Å²) >= 11 is 0. The fourth-order valence-electron chi connectivity index (χ4n) is 4.76. The molecule has 0 saturated carbocycles. The maximum absolute atomic E-state index is 13.0. The van der Waals surface area contributed by atoms with Crippen LogP contribution in [0.4, 0.5) is 5.69 Å². The van der Waals surface area contributed by atoms with Crippen LogP contribution < -0.4 is 0 Å². The van der Waals surface area contributed by atoms with Crippen LogP contribution in [0.5, 0.6) is 0 Å². The minimum absolute atomic E-state index is 0.0309. The molecule has 2 aliphatic heterocycles. The van der Waals surface area contributed by atoms with Gasteiger partial charge in [-0.15, -0.1) is 0 Å². The van der Waals surface area contributed by atoms with E-state index in [1.165, 1.54) is 12.1 Å². The lowest BCUT2D eigenvalue weighted by molar-refractivity contribution is -0.384. The Morgan fingerprint density at radius 1 is 1.00 bits per heavy atom. The van der Waals surface area contributed by atoms with Crippen LogP contribution in [0.15, 0.2) is 59.5 Å². The topological polar surface area (TPSA) is 97.6 Å². The van der Waals surface area contributed by atoms with Gasteiger partial charge in [0.2, 0.25) is 5.91 Å². The van der Waals surface area contributed by atoms with E-state index in [4.69, 9.17) is 0 Å². The number of carbonyl (C=O) groups is 1. The van der Waals surface area contributed by atoms with Gasteiger partial charge in [0.15, 0.2) is 9.84 Å². The van der Waals surface area contributed by atoms with E-state index in [0.29, 0.717) is 30.6 Å². The molecule has 2 heterocycles. The fourth-order valence-corrected chi connectivity index (χ4v) is 6.63. The first-order valence-electron chi connectivity index (χ1n) is 10.2. The lowest BCUT2D eigenvalue weighted by atomic mass is 10.0. The maximum Gasteiger partial charge on any atom is 0.269 e. The Morgan fingerprint density at radius 2 is 1.60 bits per heavy atom. The molecule has 2 aromatic rings. The van der Waals surface area contributed by atoms with Crippen LogP contribution in [-0.2, 0) is 21.1 Å². The second-order valence-corrected chi connectivity index (χ2v) is 10.3. The SMILES string of the molecule is O=C(CCc1ccc([N+](=O)[O-])cc1)N1C2CCC1CC(S(=O)(=O)c1ccccc1)C2. The van der Waals surface area contributed by atoms with Crippen molar-refractivity contribution in [3.05, 3.63) is 70.3 Å². The molecule has 158 valence electrons. The number of benzene rings is 2. The molecule has 0 aliphatic carbocycles. The van der Waals surface area contributed by atoms with E-state index in [9.17, 15) is 23.3 Å². The fraction of sp³-hybridized carbons (Fsp3) is 0.409. The molecule has 0 radical (unpaired) electrons. The summed E-state index contributed by atoms with van der Waals surface area (Å²) in [4.78, 5) is 25.5. The molecule has 2 aromatic carbocycles. The molecule has 2 saturated heterocycles. The Bertz CT molecular complexity index is 1020. The molecule has 0 spiro atoms. The van der Waals surface area contributed by atoms with Gasteiger partial charge in [-0.2, -0.15) is 0 Å². The third-order valence-corrected chi connectivity index (χ3v) is 8.45. The number of nitro benzene ring substituents is 1. The molecule has 2 atom stereocenters. The zero-order valence-corrected chi connectivity index (χ0v) is 17.3. The average Bonchev–Trinajstić information content (AvgIpc) is 3.02. The van der Waals surface area contributed by atoms with Gasteiger partial charge in [0.25, 0.3) is 5.69 Å². The van der Waals surface area contributed by atoms with Gasteiger partial charge in [-0.1, -0.05) is 30.3 Å². The summed E-state index contributed by atoms with van der Waals surface area (Å²) in [5, 5.41) is 10.3. The van der Waals surface area contributed by atoms with E-state index in [1.54, 1.807) is 42.5 Å². The average molecular weight is 429 g/mol. The summed E-state index contributed by atoms with van der Waals surface area (Å²) < 4.78 is 26.0. The van der Waals surface area contributed by atoms with Crippen molar-refractivity contribution in [1.29, 1.82) is 0 Å². The van der Waals surface area contributed by atoms with E-state index in [2.05, 4.69) is 0 Å². The predicted molar refractivity (Wildman–Crippen MR) is 112 cm³/mol.